The third kappa shape index (κ3) is 5.53. The molecule has 3 atom stereocenters. The number of hydrogen-bond acceptors (Lipinski definition) is 2. The van der Waals surface area contributed by atoms with E-state index >= 15 is 0 Å². The van der Waals surface area contributed by atoms with Gasteiger partial charge in [0, 0.05) is 0 Å². The molecule has 3 heteroatoms. The molecule has 3 nitrogen and oxygen atoms in total. The molecular weight excluding hydrogens is 214 g/mol. The van der Waals surface area contributed by atoms with Crippen LogP contribution in [0.1, 0.15) is 58.8 Å². The highest BCUT2D eigenvalue weighted by atomic mass is 16.4. The van der Waals surface area contributed by atoms with E-state index in [1.807, 2.05) is 0 Å². The normalized spacial score (nSPS) is 26.7. The van der Waals surface area contributed by atoms with Crippen molar-refractivity contribution < 1.29 is 9.90 Å². The average Bonchev–Trinajstić information content (AvgIpc) is 2.28. The number of carboxylic acid groups (broad SMARTS) is 1. The van der Waals surface area contributed by atoms with E-state index in [1.54, 1.807) is 0 Å². The third-order valence-corrected chi connectivity index (χ3v) is 3.84. The van der Waals surface area contributed by atoms with Gasteiger partial charge in [0.15, 0.2) is 0 Å². The lowest BCUT2D eigenvalue weighted by molar-refractivity contribution is -0.139. The second-order valence-corrected chi connectivity index (χ2v) is 5.58. The smallest absolute Gasteiger partial charge is 0.320 e. The minimum atomic E-state index is -0.692. The lowest BCUT2D eigenvalue weighted by Crippen LogP contribution is -2.40. The molecule has 0 heterocycles. The summed E-state index contributed by atoms with van der Waals surface area (Å²) in [5.41, 5.74) is 0. The summed E-state index contributed by atoms with van der Waals surface area (Å²) in [5.74, 6) is 0.805. The van der Waals surface area contributed by atoms with Crippen LogP contribution in [0, 0.1) is 11.8 Å². The molecule has 0 aliphatic heterocycles. The first-order valence-corrected chi connectivity index (χ1v) is 7.09. The maximum atomic E-state index is 11.1. The molecule has 0 aromatic heterocycles. The van der Waals surface area contributed by atoms with E-state index < -0.39 is 5.97 Å². The zero-order chi connectivity index (χ0) is 12.7. The van der Waals surface area contributed by atoms with E-state index in [4.69, 9.17) is 5.11 Å². The number of aliphatic carboxylic acids is 1. The van der Waals surface area contributed by atoms with Crippen molar-refractivity contribution in [1.29, 1.82) is 0 Å². The Hall–Kier alpha value is -0.570. The van der Waals surface area contributed by atoms with Crippen LogP contribution in [0.15, 0.2) is 0 Å². The molecule has 0 bridgehead atoms. The molecule has 2 N–H and O–H groups in total. The Morgan fingerprint density at radius 2 is 2.24 bits per heavy atom. The first-order valence-electron chi connectivity index (χ1n) is 7.09. The molecule has 0 aromatic carbocycles. The monoisotopic (exact) mass is 241 g/mol. The van der Waals surface area contributed by atoms with E-state index in [2.05, 4.69) is 19.2 Å². The number of carbonyl (C=O) groups is 1. The van der Waals surface area contributed by atoms with Gasteiger partial charge in [-0.25, -0.2) is 0 Å². The Balaban J connectivity index is 2.27. The van der Waals surface area contributed by atoms with Gasteiger partial charge in [0.25, 0.3) is 0 Å². The number of unbranched alkanes of at least 4 members (excludes halogenated alkanes) is 1. The molecule has 1 saturated carbocycles. The van der Waals surface area contributed by atoms with Gasteiger partial charge in [-0.05, 0) is 37.6 Å². The molecule has 1 aliphatic rings. The van der Waals surface area contributed by atoms with Crippen LogP contribution in [0.2, 0.25) is 0 Å². The van der Waals surface area contributed by atoms with Gasteiger partial charge in [-0.1, -0.05) is 39.5 Å². The molecule has 1 rings (SSSR count). The van der Waals surface area contributed by atoms with Crippen molar-refractivity contribution in [2.45, 2.75) is 64.8 Å². The summed E-state index contributed by atoms with van der Waals surface area (Å²) < 4.78 is 0. The summed E-state index contributed by atoms with van der Waals surface area (Å²) >= 11 is 0. The van der Waals surface area contributed by atoms with Crippen LogP contribution in [0.4, 0.5) is 0 Å². The molecule has 3 unspecified atom stereocenters. The Bertz CT molecular complexity index is 230. The fourth-order valence-corrected chi connectivity index (χ4v) is 2.78. The topological polar surface area (TPSA) is 49.3 Å². The SMILES string of the molecule is CCCCC(NCC1CCCC(C)C1)C(=O)O. The van der Waals surface area contributed by atoms with Crippen LogP contribution in [-0.4, -0.2) is 23.7 Å². The van der Waals surface area contributed by atoms with Gasteiger partial charge in [-0.3, -0.25) is 4.79 Å². The Labute approximate surface area is 105 Å². The van der Waals surface area contributed by atoms with Gasteiger partial charge in [0.1, 0.15) is 6.04 Å². The molecule has 100 valence electrons. The van der Waals surface area contributed by atoms with Crippen LogP contribution in [0.25, 0.3) is 0 Å². The minimum absolute atomic E-state index is 0.341. The molecular formula is C14H27NO2. The summed E-state index contributed by atoms with van der Waals surface area (Å²) in [7, 11) is 0. The van der Waals surface area contributed by atoms with Crippen LogP contribution in [-0.2, 0) is 4.79 Å². The third-order valence-electron chi connectivity index (χ3n) is 3.84. The van der Waals surface area contributed by atoms with Gasteiger partial charge in [0.05, 0.1) is 0 Å². The Morgan fingerprint density at radius 3 is 2.82 bits per heavy atom. The van der Waals surface area contributed by atoms with Gasteiger partial charge in [-0.2, -0.15) is 0 Å². The summed E-state index contributed by atoms with van der Waals surface area (Å²) in [6, 6.07) is -0.341. The molecule has 0 saturated heterocycles. The van der Waals surface area contributed by atoms with Crippen LogP contribution in [0.5, 0.6) is 0 Å². The molecule has 0 spiro atoms. The molecule has 0 amide bonds. The minimum Gasteiger partial charge on any atom is -0.480 e. The Morgan fingerprint density at radius 1 is 1.47 bits per heavy atom. The maximum absolute atomic E-state index is 11.1. The summed E-state index contributed by atoms with van der Waals surface area (Å²) in [4.78, 5) is 11.1. The van der Waals surface area contributed by atoms with Crippen molar-refractivity contribution in [3.8, 4) is 0 Å². The van der Waals surface area contributed by atoms with Crippen molar-refractivity contribution in [3.05, 3.63) is 0 Å². The second-order valence-electron chi connectivity index (χ2n) is 5.58. The highest BCUT2D eigenvalue weighted by Gasteiger charge is 2.22. The zero-order valence-corrected chi connectivity index (χ0v) is 11.2. The van der Waals surface area contributed by atoms with Crippen molar-refractivity contribution in [3.63, 3.8) is 0 Å². The molecule has 1 fully saturated rings. The standard InChI is InChI=1S/C14H27NO2/c1-3-4-8-13(14(16)17)15-10-12-7-5-6-11(2)9-12/h11-13,15H,3-10H2,1-2H3,(H,16,17). The fraction of sp³-hybridized carbons (Fsp3) is 0.929. The fourth-order valence-electron chi connectivity index (χ4n) is 2.78. The highest BCUT2D eigenvalue weighted by Crippen LogP contribution is 2.28. The predicted octanol–water partition coefficient (Wildman–Crippen LogP) is 3.05. The maximum Gasteiger partial charge on any atom is 0.320 e. The van der Waals surface area contributed by atoms with E-state index in [0.717, 1.165) is 31.7 Å². The van der Waals surface area contributed by atoms with Gasteiger partial charge in [0.2, 0.25) is 0 Å². The van der Waals surface area contributed by atoms with E-state index in [1.165, 1.54) is 25.7 Å². The van der Waals surface area contributed by atoms with E-state index in [9.17, 15) is 4.79 Å². The van der Waals surface area contributed by atoms with E-state index in [-0.39, 0.29) is 6.04 Å². The average molecular weight is 241 g/mol. The van der Waals surface area contributed by atoms with Crippen molar-refractivity contribution in [2.24, 2.45) is 11.8 Å². The van der Waals surface area contributed by atoms with Crippen molar-refractivity contribution in [2.75, 3.05) is 6.54 Å². The lowest BCUT2D eigenvalue weighted by atomic mass is 9.82. The summed E-state index contributed by atoms with van der Waals surface area (Å²) in [6.07, 6.45) is 7.98. The quantitative estimate of drug-likeness (QED) is 0.720. The second kappa shape index (κ2) is 7.70. The number of rotatable bonds is 7. The molecule has 1 aliphatic carbocycles. The Kier molecular flexibility index (Phi) is 6.56. The van der Waals surface area contributed by atoms with Crippen molar-refractivity contribution in [1.82, 2.24) is 5.32 Å². The zero-order valence-electron chi connectivity index (χ0n) is 11.2. The van der Waals surface area contributed by atoms with Crippen molar-refractivity contribution >= 4 is 5.97 Å². The lowest BCUT2D eigenvalue weighted by Gasteiger charge is -2.28. The number of carboxylic acids is 1. The molecule has 0 radical (unpaired) electrons. The van der Waals surface area contributed by atoms with Crippen LogP contribution in [0.3, 0.4) is 0 Å². The predicted molar refractivity (Wildman–Crippen MR) is 70.1 cm³/mol. The van der Waals surface area contributed by atoms with Gasteiger partial charge in [-0.15, -0.1) is 0 Å². The van der Waals surface area contributed by atoms with Gasteiger partial charge < -0.3 is 10.4 Å². The van der Waals surface area contributed by atoms with Crippen LogP contribution < -0.4 is 5.32 Å². The van der Waals surface area contributed by atoms with Crippen LogP contribution >= 0.6 is 0 Å². The number of nitrogens with one attached hydrogen (secondary N) is 1. The highest BCUT2D eigenvalue weighted by molar-refractivity contribution is 5.73. The van der Waals surface area contributed by atoms with E-state index in [0.29, 0.717) is 5.92 Å². The first-order chi connectivity index (χ1) is 8.13. The first kappa shape index (κ1) is 14.5. The summed E-state index contributed by atoms with van der Waals surface area (Å²) in [5, 5.41) is 12.4. The summed E-state index contributed by atoms with van der Waals surface area (Å²) in [6.45, 7) is 5.28. The largest absolute Gasteiger partial charge is 0.480 e. The molecule has 17 heavy (non-hydrogen) atoms. The van der Waals surface area contributed by atoms with Gasteiger partial charge >= 0.3 is 5.97 Å². The molecule has 0 aromatic rings. The number of hydrogen-bond donors (Lipinski definition) is 2.